The Bertz CT molecular complexity index is 649. The van der Waals surface area contributed by atoms with Gasteiger partial charge in [-0.15, -0.1) is 0 Å². The molecule has 0 aromatic carbocycles. The van der Waals surface area contributed by atoms with Crippen molar-refractivity contribution < 1.29 is 19.7 Å². The topological polar surface area (TPSA) is 66.8 Å². The first-order valence-corrected chi connectivity index (χ1v) is 9.02. The molecule has 0 radical (unpaired) electrons. The average Bonchev–Trinajstić information content (AvgIpc) is 2.52. The number of carbonyl (C=O) groups excluding carboxylic acids is 1. The van der Waals surface area contributed by atoms with Gasteiger partial charge in [0, 0.05) is 13.3 Å². The molecule has 0 fully saturated rings. The standard InChI is InChI=1S/C22H32O4/c1-14(2)19-11-10-15(3)8-7-9-17(5)22(25)20(24)12-16(4)13-21(19)26-18(6)23/h9-12,20-22,24-25H,1,7-8,13H2,2-6H3/b15-10+,16-12+,17-9+,19-11-/t20-,21+,22-/m1/s1. The van der Waals surface area contributed by atoms with Crippen LogP contribution in [0.1, 0.15) is 53.9 Å². The van der Waals surface area contributed by atoms with Gasteiger partial charge in [0.15, 0.2) is 0 Å². The number of aliphatic hydroxyl groups excluding tert-OH is 2. The van der Waals surface area contributed by atoms with Crippen molar-refractivity contribution in [2.45, 2.75) is 72.2 Å². The Balaban J connectivity index is 3.35. The summed E-state index contributed by atoms with van der Waals surface area (Å²) in [6.45, 7) is 13.0. The Kier molecular flexibility index (Phi) is 8.76. The third-order valence-corrected chi connectivity index (χ3v) is 4.45. The lowest BCUT2D eigenvalue weighted by Crippen LogP contribution is -2.26. The fourth-order valence-corrected chi connectivity index (χ4v) is 2.92. The summed E-state index contributed by atoms with van der Waals surface area (Å²) in [5.74, 6) is -0.365. The van der Waals surface area contributed by atoms with Crippen LogP contribution in [0, 0.1) is 0 Å². The Morgan fingerprint density at radius 2 is 1.81 bits per heavy atom. The van der Waals surface area contributed by atoms with E-state index in [2.05, 4.69) is 6.58 Å². The lowest BCUT2D eigenvalue weighted by molar-refractivity contribution is -0.144. The van der Waals surface area contributed by atoms with Gasteiger partial charge >= 0.3 is 5.97 Å². The second kappa shape index (κ2) is 10.3. The molecule has 3 atom stereocenters. The smallest absolute Gasteiger partial charge is 0.303 e. The number of hydrogen-bond acceptors (Lipinski definition) is 4. The predicted molar refractivity (Wildman–Crippen MR) is 106 cm³/mol. The fourth-order valence-electron chi connectivity index (χ4n) is 2.92. The molecule has 0 unspecified atom stereocenters. The highest BCUT2D eigenvalue weighted by molar-refractivity contribution is 5.66. The Labute approximate surface area is 157 Å². The van der Waals surface area contributed by atoms with Gasteiger partial charge in [-0.2, -0.15) is 0 Å². The van der Waals surface area contributed by atoms with Gasteiger partial charge in [-0.25, -0.2) is 0 Å². The molecule has 0 saturated carbocycles. The molecule has 0 bridgehead atoms. The summed E-state index contributed by atoms with van der Waals surface area (Å²) in [5.41, 5.74) is 4.44. The molecule has 0 aromatic rings. The molecule has 2 N–H and O–H groups in total. The maximum absolute atomic E-state index is 11.6. The van der Waals surface area contributed by atoms with Crippen LogP contribution >= 0.6 is 0 Å². The minimum atomic E-state index is -0.999. The number of ether oxygens (including phenoxy) is 1. The molecular weight excluding hydrogens is 328 g/mol. The summed E-state index contributed by atoms with van der Waals surface area (Å²) < 4.78 is 5.52. The molecule has 144 valence electrons. The molecule has 1 aliphatic carbocycles. The largest absolute Gasteiger partial charge is 0.457 e. The molecule has 0 aliphatic heterocycles. The Morgan fingerprint density at radius 3 is 2.38 bits per heavy atom. The van der Waals surface area contributed by atoms with E-state index in [0.29, 0.717) is 6.42 Å². The summed E-state index contributed by atoms with van der Waals surface area (Å²) >= 11 is 0. The predicted octanol–water partition coefficient (Wildman–Crippen LogP) is 4.17. The summed E-state index contributed by atoms with van der Waals surface area (Å²) in [7, 11) is 0. The lowest BCUT2D eigenvalue weighted by Gasteiger charge is -2.22. The highest BCUT2D eigenvalue weighted by Crippen LogP contribution is 2.24. The Hall–Kier alpha value is -1.91. The van der Waals surface area contributed by atoms with Crippen LogP contribution in [0.3, 0.4) is 0 Å². The second-order valence-electron chi connectivity index (χ2n) is 7.15. The summed E-state index contributed by atoms with van der Waals surface area (Å²) in [6.07, 6.45) is 7.21. The van der Waals surface area contributed by atoms with Gasteiger partial charge in [0.25, 0.3) is 0 Å². The van der Waals surface area contributed by atoms with Crippen molar-refractivity contribution in [2.24, 2.45) is 0 Å². The van der Waals surface area contributed by atoms with Crippen molar-refractivity contribution in [3.8, 4) is 0 Å². The molecule has 4 heteroatoms. The van der Waals surface area contributed by atoms with E-state index in [1.165, 1.54) is 12.5 Å². The summed E-state index contributed by atoms with van der Waals surface area (Å²) in [6, 6.07) is 0. The van der Waals surface area contributed by atoms with Crippen LogP contribution in [-0.2, 0) is 9.53 Å². The van der Waals surface area contributed by atoms with Gasteiger partial charge in [-0.05, 0) is 51.7 Å². The normalized spacial score (nSPS) is 33.9. The van der Waals surface area contributed by atoms with E-state index in [1.54, 1.807) is 6.08 Å². The van der Waals surface area contributed by atoms with Crippen LogP contribution < -0.4 is 0 Å². The molecule has 4 nitrogen and oxygen atoms in total. The van der Waals surface area contributed by atoms with Gasteiger partial charge in [-0.3, -0.25) is 4.79 Å². The number of carbonyl (C=O) groups is 1. The molecule has 0 saturated heterocycles. The number of aliphatic hydroxyl groups is 2. The molecule has 0 heterocycles. The van der Waals surface area contributed by atoms with Gasteiger partial charge in [-0.1, -0.05) is 47.6 Å². The van der Waals surface area contributed by atoms with Crippen molar-refractivity contribution in [2.75, 3.05) is 0 Å². The average molecular weight is 360 g/mol. The molecule has 1 aliphatic rings. The van der Waals surface area contributed by atoms with Crippen LogP contribution in [0.4, 0.5) is 0 Å². The molecular formula is C22H32O4. The number of hydrogen-bond donors (Lipinski definition) is 2. The lowest BCUT2D eigenvalue weighted by atomic mass is 9.94. The van der Waals surface area contributed by atoms with Crippen molar-refractivity contribution in [1.82, 2.24) is 0 Å². The van der Waals surface area contributed by atoms with E-state index < -0.39 is 18.3 Å². The van der Waals surface area contributed by atoms with Gasteiger partial charge in [0.2, 0.25) is 0 Å². The highest BCUT2D eigenvalue weighted by atomic mass is 16.5. The van der Waals surface area contributed by atoms with E-state index >= 15 is 0 Å². The van der Waals surface area contributed by atoms with Gasteiger partial charge < -0.3 is 14.9 Å². The van der Waals surface area contributed by atoms with Crippen LogP contribution in [0.5, 0.6) is 0 Å². The van der Waals surface area contributed by atoms with E-state index in [4.69, 9.17) is 4.74 Å². The first kappa shape index (κ1) is 22.1. The highest BCUT2D eigenvalue weighted by Gasteiger charge is 2.21. The van der Waals surface area contributed by atoms with Crippen LogP contribution in [0.15, 0.2) is 58.7 Å². The van der Waals surface area contributed by atoms with E-state index in [0.717, 1.165) is 35.1 Å². The quantitative estimate of drug-likeness (QED) is 0.573. The van der Waals surface area contributed by atoms with Gasteiger partial charge in [0.05, 0.1) is 0 Å². The van der Waals surface area contributed by atoms with Crippen molar-refractivity contribution in [3.63, 3.8) is 0 Å². The van der Waals surface area contributed by atoms with E-state index in [9.17, 15) is 15.0 Å². The van der Waals surface area contributed by atoms with Crippen LogP contribution in [0.25, 0.3) is 0 Å². The van der Waals surface area contributed by atoms with Crippen molar-refractivity contribution in [1.29, 1.82) is 0 Å². The molecule has 1 rings (SSSR count). The maximum Gasteiger partial charge on any atom is 0.303 e. The zero-order valence-electron chi connectivity index (χ0n) is 16.6. The Morgan fingerprint density at radius 1 is 1.15 bits per heavy atom. The number of allylic oxidation sites excluding steroid dienone is 4. The van der Waals surface area contributed by atoms with Crippen molar-refractivity contribution in [3.05, 3.63) is 58.7 Å². The fraction of sp³-hybridized carbons (Fsp3) is 0.500. The summed E-state index contributed by atoms with van der Waals surface area (Å²) in [4.78, 5) is 11.6. The molecule has 0 aromatic heterocycles. The monoisotopic (exact) mass is 360 g/mol. The maximum atomic E-state index is 11.6. The number of rotatable bonds is 2. The third-order valence-electron chi connectivity index (χ3n) is 4.45. The molecule has 26 heavy (non-hydrogen) atoms. The van der Waals surface area contributed by atoms with Gasteiger partial charge in [0.1, 0.15) is 18.3 Å². The molecule has 0 amide bonds. The van der Waals surface area contributed by atoms with E-state index in [-0.39, 0.29) is 5.97 Å². The zero-order chi connectivity index (χ0) is 19.9. The SMILES string of the molecule is C=C(C)/C1=C/C=C(\C)CC/C=C(\C)[C@@H](O)[C@H](O)/C=C(\C)C[C@@H]1OC(C)=O. The number of esters is 1. The first-order chi connectivity index (χ1) is 12.1. The van der Waals surface area contributed by atoms with Crippen LogP contribution in [0.2, 0.25) is 0 Å². The van der Waals surface area contributed by atoms with Crippen molar-refractivity contribution >= 4 is 5.97 Å². The summed E-state index contributed by atoms with van der Waals surface area (Å²) in [5, 5.41) is 20.6. The zero-order valence-corrected chi connectivity index (χ0v) is 16.6. The third kappa shape index (κ3) is 7.14. The minimum Gasteiger partial charge on any atom is -0.457 e. The van der Waals surface area contributed by atoms with Crippen LogP contribution in [-0.4, -0.2) is 34.5 Å². The second-order valence-corrected chi connectivity index (χ2v) is 7.15. The molecule has 0 spiro atoms. The van der Waals surface area contributed by atoms with E-state index in [1.807, 2.05) is 45.9 Å². The first-order valence-electron chi connectivity index (χ1n) is 9.02. The minimum absolute atomic E-state index is 0.365.